The van der Waals surface area contributed by atoms with E-state index in [1.54, 1.807) is 44.4 Å². The third-order valence-electron chi connectivity index (χ3n) is 8.90. The van der Waals surface area contributed by atoms with Crippen molar-refractivity contribution in [2.24, 2.45) is 0 Å². The number of fused-ring (bicyclic) bond motifs is 1. The minimum absolute atomic E-state index is 0.0371. The topological polar surface area (TPSA) is 87.8 Å². The van der Waals surface area contributed by atoms with Gasteiger partial charge in [-0.1, -0.05) is 32.4 Å². The third kappa shape index (κ3) is 9.13. The van der Waals surface area contributed by atoms with Gasteiger partial charge in [-0.05, 0) is 64.9 Å². The SMILES string of the molecule is CC1CN(c2nc(=O)[nH]c3c(SCC(CO[Si](C)(C)C(C)(C)C)c4cc(F)cs4)c(Cl)c(C(F)(F)F)cc23)C[C@@H](C)N1C(=O)OC(C)(C)C. The first-order valence-corrected chi connectivity index (χ1v) is 21.2. The van der Waals surface area contributed by atoms with Crippen LogP contribution in [-0.2, 0) is 15.3 Å². The molecule has 4 rings (SSSR count). The summed E-state index contributed by atoms with van der Waals surface area (Å²) in [5, 5.41) is 0.810. The molecule has 1 fully saturated rings. The van der Waals surface area contributed by atoms with Crippen LogP contribution < -0.4 is 10.6 Å². The van der Waals surface area contributed by atoms with E-state index in [0.717, 1.165) is 17.8 Å². The highest BCUT2D eigenvalue weighted by Crippen LogP contribution is 2.46. The van der Waals surface area contributed by atoms with E-state index < -0.39 is 60.4 Å². The number of ether oxygens (including phenoxy) is 1. The average molecular weight is 765 g/mol. The van der Waals surface area contributed by atoms with E-state index in [4.69, 9.17) is 20.8 Å². The highest BCUT2D eigenvalue weighted by atomic mass is 35.5. The van der Waals surface area contributed by atoms with Gasteiger partial charge in [0.15, 0.2) is 8.32 Å². The van der Waals surface area contributed by atoms with Gasteiger partial charge in [0.25, 0.3) is 0 Å². The van der Waals surface area contributed by atoms with Crippen LogP contribution in [0.15, 0.2) is 27.2 Å². The minimum atomic E-state index is -4.81. The van der Waals surface area contributed by atoms with Crippen LogP contribution in [0, 0.1) is 5.82 Å². The number of piperazine rings is 1. The Hall–Kier alpha value is -2.33. The monoisotopic (exact) mass is 764 g/mol. The summed E-state index contributed by atoms with van der Waals surface area (Å²) in [4.78, 5) is 36.9. The van der Waals surface area contributed by atoms with Gasteiger partial charge in [0.05, 0.1) is 33.1 Å². The van der Waals surface area contributed by atoms with E-state index in [1.807, 2.05) is 0 Å². The molecule has 8 nitrogen and oxygen atoms in total. The molecule has 1 saturated heterocycles. The molecule has 1 aliphatic heterocycles. The molecule has 0 radical (unpaired) electrons. The highest BCUT2D eigenvalue weighted by Gasteiger charge is 2.40. The quantitative estimate of drug-likeness (QED) is 0.139. The first-order valence-electron chi connectivity index (χ1n) is 16.0. The van der Waals surface area contributed by atoms with Gasteiger partial charge in [0, 0.05) is 47.0 Å². The number of aromatic nitrogens is 2. The van der Waals surface area contributed by atoms with Crippen molar-refractivity contribution in [3.05, 3.63) is 49.3 Å². The second kappa shape index (κ2) is 14.4. The molecule has 3 aromatic rings. The molecule has 16 heteroatoms. The maximum atomic E-state index is 14.5. The normalized spacial score (nSPS) is 18.7. The predicted molar refractivity (Wildman–Crippen MR) is 192 cm³/mol. The number of thioether (sulfide) groups is 1. The van der Waals surface area contributed by atoms with Crippen LogP contribution in [0.2, 0.25) is 23.2 Å². The zero-order valence-corrected chi connectivity index (χ0v) is 32.9. The Morgan fingerprint density at radius 2 is 1.76 bits per heavy atom. The van der Waals surface area contributed by atoms with Crippen molar-refractivity contribution in [2.45, 2.75) is 108 Å². The molecular formula is C33H45ClF4N4O4S2Si. The maximum absolute atomic E-state index is 14.5. The summed E-state index contributed by atoms with van der Waals surface area (Å²) < 4.78 is 69.8. The Balaban J connectivity index is 1.76. The van der Waals surface area contributed by atoms with E-state index >= 15 is 0 Å². The molecule has 0 aliphatic carbocycles. The molecule has 0 spiro atoms. The van der Waals surface area contributed by atoms with Crippen LogP contribution >= 0.6 is 34.7 Å². The molecule has 2 aromatic heterocycles. The van der Waals surface area contributed by atoms with E-state index in [9.17, 15) is 27.2 Å². The zero-order chi connectivity index (χ0) is 36.9. The predicted octanol–water partition coefficient (Wildman–Crippen LogP) is 9.53. The lowest BCUT2D eigenvalue weighted by atomic mass is 10.1. The van der Waals surface area contributed by atoms with Gasteiger partial charge in [0.2, 0.25) is 0 Å². The molecule has 1 N–H and O–H groups in total. The standard InChI is InChI=1S/C33H45ClF4N4O4S2Si/c1-18-13-41(14-19(2)42(18)30(44)46-31(3,4)5)28-22-12-23(33(36,37)38)25(34)27(26(22)39-29(43)40-28)48-16-20(24-11-21(35)17-47-24)15-45-49(9,10)32(6,7)8/h11-12,17-20H,13-16H2,1-10H3,(H,39,40,43)/t18-,19?,20?/m1/s1. The fraction of sp³-hybridized carbons (Fsp3) is 0.606. The van der Waals surface area contributed by atoms with Crippen LogP contribution in [0.4, 0.5) is 28.2 Å². The van der Waals surface area contributed by atoms with Crippen molar-refractivity contribution in [3.63, 3.8) is 0 Å². The molecule has 1 amide bonds. The molecule has 49 heavy (non-hydrogen) atoms. The van der Waals surface area contributed by atoms with Crippen molar-refractivity contribution < 1.29 is 31.5 Å². The van der Waals surface area contributed by atoms with E-state index in [-0.39, 0.29) is 58.0 Å². The molecule has 1 aliphatic rings. The molecule has 2 unspecified atom stereocenters. The number of hydrogen-bond donors (Lipinski definition) is 1. The second-order valence-corrected chi connectivity index (χ2v) is 22.3. The highest BCUT2D eigenvalue weighted by molar-refractivity contribution is 7.99. The first kappa shape index (κ1) is 39.5. The van der Waals surface area contributed by atoms with Gasteiger partial charge in [-0.2, -0.15) is 18.2 Å². The number of benzene rings is 1. The summed E-state index contributed by atoms with van der Waals surface area (Å²) in [6, 6.07) is 1.51. The summed E-state index contributed by atoms with van der Waals surface area (Å²) in [6.07, 6.45) is -5.32. The van der Waals surface area contributed by atoms with Gasteiger partial charge in [0.1, 0.15) is 17.2 Å². The van der Waals surface area contributed by atoms with Crippen molar-refractivity contribution in [2.75, 3.05) is 30.3 Å². The van der Waals surface area contributed by atoms with Gasteiger partial charge in [-0.3, -0.25) is 4.90 Å². The number of carbonyl (C=O) groups is 1. The van der Waals surface area contributed by atoms with Crippen molar-refractivity contribution in [3.8, 4) is 0 Å². The van der Waals surface area contributed by atoms with E-state index in [0.29, 0.717) is 4.88 Å². The largest absolute Gasteiger partial charge is 0.444 e. The molecule has 1 aromatic carbocycles. The number of carbonyl (C=O) groups excluding carboxylic acids is 1. The number of anilines is 1. The maximum Gasteiger partial charge on any atom is 0.417 e. The number of halogens is 5. The number of rotatable bonds is 8. The number of nitrogens with zero attached hydrogens (tertiary/aromatic N) is 3. The lowest BCUT2D eigenvalue weighted by molar-refractivity contribution is -0.137. The third-order valence-corrected chi connectivity index (χ3v) is 16.2. The lowest BCUT2D eigenvalue weighted by Gasteiger charge is -2.45. The fourth-order valence-corrected chi connectivity index (χ4v) is 9.05. The van der Waals surface area contributed by atoms with Crippen LogP contribution in [0.5, 0.6) is 0 Å². The molecule has 3 atom stereocenters. The smallest absolute Gasteiger partial charge is 0.417 e. The molecule has 0 bridgehead atoms. The summed E-state index contributed by atoms with van der Waals surface area (Å²) in [5.41, 5.74) is -2.42. The van der Waals surface area contributed by atoms with E-state index in [2.05, 4.69) is 43.8 Å². The van der Waals surface area contributed by atoms with Crippen molar-refractivity contribution in [1.29, 1.82) is 0 Å². The molecule has 0 saturated carbocycles. The number of amides is 1. The lowest BCUT2D eigenvalue weighted by Crippen LogP contribution is -2.59. The van der Waals surface area contributed by atoms with Crippen molar-refractivity contribution >= 4 is 65.8 Å². The van der Waals surface area contributed by atoms with Gasteiger partial charge >= 0.3 is 18.0 Å². The Morgan fingerprint density at radius 1 is 1.14 bits per heavy atom. The van der Waals surface area contributed by atoms with Crippen LogP contribution in [0.3, 0.4) is 0 Å². The fourth-order valence-electron chi connectivity index (χ4n) is 5.44. The Kier molecular flexibility index (Phi) is 11.6. The summed E-state index contributed by atoms with van der Waals surface area (Å²) in [7, 11) is -2.23. The Morgan fingerprint density at radius 3 is 2.27 bits per heavy atom. The number of thiophene rings is 1. The number of hydrogen-bond acceptors (Lipinski definition) is 8. The summed E-state index contributed by atoms with van der Waals surface area (Å²) >= 11 is 8.79. The zero-order valence-electron chi connectivity index (χ0n) is 29.5. The average Bonchev–Trinajstić information content (AvgIpc) is 3.36. The Labute approximate surface area is 299 Å². The first-order chi connectivity index (χ1) is 22.4. The molecule has 272 valence electrons. The number of nitrogens with one attached hydrogen (secondary N) is 1. The molecule has 3 heterocycles. The summed E-state index contributed by atoms with van der Waals surface area (Å²) in [6.45, 7) is 20.0. The van der Waals surface area contributed by atoms with E-state index in [1.165, 1.54) is 22.8 Å². The van der Waals surface area contributed by atoms with Crippen LogP contribution in [0.1, 0.15) is 71.7 Å². The number of alkyl halides is 3. The van der Waals surface area contributed by atoms with Gasteiger partial charge in [-0.15, -0.1) is 23.1 Å². The van der Waals surface area contributed by atoms with Crippen LogP contribution in [0.25, 0.3) is 10.9 Å². The van der Waals surface area contributed by atoms with Gasteiger partial charge in [-0.25, -0.2) is 14.0 Å². The number of H-pyrrole nitrogens is 1. The van der Waals surface area contributed by atoms with Crippen LogP contribution in [-0.4, -0.2) is 72.4 Å². The van der Waals surface area contributed by atoms with Gasteiger partial charge < -0.3 is 19.0 Å². The van der Waals surface area contributed by atoms with Crippen molar-refractivity contribution in [1.82, 2.24) is 14.9 Å². The Bertz CT molecular complexity index is 1730. The molecular weight excluding hydrogens is 720 g/mol. The summed E-state index contributed by atoms with van der Waals surface area (Å²) in [5.74, 6) is -0.513. The minimum Gasteiger partial charge on any atom is -0.444 e. The number of aromatic amines is 1. The second-order valence-electron chi connectivity index (χ2n) is 15.1.